The number of rotatable bonds is 2. The second-order valence-corrected chi connectivity index (χ2v) is 13.6. The summed E-state index contributed by atoms with van der Waals surface area (Å²) in [6, 6.07) is 0. The fourth-order valence-corrected chi connectivity index (χ4v) is 9.47. The molecule has 0 aromatic heterocycles. The van der Waals surface area contributed by atoms with E-state index in [9.17, 15) is 8.42 Å². The predicted octanol–water partition coefficient (Wildman–Crippen LogP) is 5.06. The predicted molar refractivity (Wildman–Crippen MR) is 120 cm³/mol. The molecule has 0 radical (unpaired) electrons. The third-order valence-corrected chi connectivity index (χ3v) is 10.6. The number of hydrogen-bond acceptors (Lipinski definition) is 5. The summed E-state index contributed by atoms with van der Waals surface area (Å²) in [5.41, 5.74) is 2.08. The van der Waals surface area contributed by atoms with E-state index in [1.807, 2.05) is 13.8 Å². The Morgan fingerprint density at radius 2 is 1.68 bits per heavy atom. The first kappa shape index (κ1) is 22.4. The Morgan fingerprint density at radius 1 is 0.968 bits per heavy atom. The van der Waals surface area contributed by atoms with Crippen LogP contribution in [-0.2, 0) is 23.8 Å². The lowest BCUT2D eigenvalue weighted by molar-refractivity contribution is -0.180. The van der Waals surface area contributed by atoms with Crippen LogP contribution in [0.4, 0.5) is 0 Å². The zero-order valence-corrected chi connectivity index (χ0v) is 20.8. The minimum atomic E-state index is -3.46. The third-order valence-electron chi connectivity index (χ3n) is 10.00. The van der Waals surface area contributed by atoms with Crippen LogP contribution in [0.3, 0.4) is 0 Å². The Labute approximate surface area is 188 Å². The lowest BCUT2D eigenvalue weighted by Gasteiger charge is -2.63. The summed E-state index contributed by atoms with van der Waals surface area (Å²) in [5, 5.41) is 0. The second kappa shape index (κ2) is 7.04. The van der Waals surface area contributed by atoms with Crippen molar-refractivity contribution in [3.8, 4) is 0 Å². The van der Waals surface area contributed by atoms with Crippen molar-refractivity contribution in [3.05, 3.63) is 11.6 Å². The first-order chi connectivity index (χ1) is 14.4. The van der Waals surface area contributed by atoms with E-state index in [2.05, 4.69) is 26.8 Å². The standard InChI is InChI=1S/C25H40O5S/c1-7-15-8-9-17-20-18(11-13-24(15,17)4)25(5)12-10-16(30-31(6,26)27)14-19(25)21-22(20)29-23(2,3)28-21/h7,16-22H,8-14H2,1-6H3/t16-,17?,18?,19?,20?,21+,22+,24+,25+/m0/s1. The highest BCUT2D eigenvalue weighted by Crippen LogP contribution is 2.69. The van der Waals surface area contributed by atoms with E-state index in [-0.39, 0.29) is 35.1 Å². The molecule has 0 bridgehead atoms. The summed E-state index contributed by atoms with van der Waals surface area (Å²) in [6.07, 6.45) is 10.9. The summed E-state index contributed by atoms with van der Waals surface area (Å²) in [4.78, 5) is 0. The van der Waals surface area contributed by atoms with Gasteiger partial charge in [0.25, 0.3) is 10.1 Å². The van der Waals surface area contributed by atoms with E-state index in [1.54, 1.807) is 5.57 Å². The summed E-state index contributed by atoms with van der Waals surface area (Å²) in [7, 11) is -3.46. The molecular weight excluding hydrogens is 412 g/mol. The maximum Gasteiger partial charge on any atom is 0.264 e. The Hall–Kier alpha value is -0.430. The molecule has 1 heterocycles. The monoisotopic (exact) mass is 452 g/mol. The normalized spacial score (nSPS) is 52.3. The Morgan fingerprint density at radius 3 is 2.35 bits per heavy atom. The molecule has 1 saturated heterocycles. The largest absolute Gasteiger partial charge is 0.344 e. The van der Waals surface area contributed by atoms with Gasteiger partial charge >= 0.3 is 0 Å². The van der Waals surface area contributed by atoms with Gasteiger partial charge < -0.3 is 9.47 Å². The highest BCUT2D eigenvalue weighted by Gasteiger charge is 2.68. The smallest absolute Gasteiger partial charge is 0.264 e. The van der Waals surface area contributed by atoms with Crippen molar-refractivity contribution in [2.24, 2.45) is 34.5 Å². The van der Waals surface area contributed by atoms with Gasteiger partial charge in [0.2, 0.25) is 0 Å². The molecule has 0 aromatic carbocycles. The topological polar surface area (TPSA) is 61.8 Å². The van der Waals surface area contributed by atoms with Gasteiger partial charge in [0.05, 0.1) is 24.6 Å². The summed E-state index contributed by atoms with van der Waals surface area (Å²) in [6.45, 7) is 11.2. The van der Waals surface area contributed by atoms with Gasteiger partial charge in [0.15, 0.2) is 5.79 Å². The minimum Gasteiger partial charge on any atom is -0.344 e. The molecule has 176 valence electrons. The van der Waals surface area contributed by atoms with E-state index < -0.39 is 15.9 Å². The van der Waals surface area contributed by atoms with E-state index in [0.717, 1.165) is 19.3 Å². The van der Waals surface area contributed by atoms with Crippen molar-refractivity contribution in [2.75, 3.05) is 6.26 Å². The molecule has 0 N–H and O–H groups in total. The lowest BCUT2D eigenvalue weighted by atomic mass is 9.43. The van der Waals surface area contributed by atoms with Crippen molar-refractivity contribution in [1.29, 1.82) is 0 Å². The van der Waals surface area contributed by atoms with Crippen LogP contribution >= 0.6 is 0 Å². The maximum atomic E-state index is 11.8. The molecule has 0 aromatic rings. The van der Waals surface area contributed by atoms with Gasteiger partial charge in [-0.15, -0.1) is 0 Å². The molecule has 0 spiro atoms. The van der Waals surface area contributed by atoms with Gasteiger partial charge in [0, 0.05) is 0 Å². The molecule has 4 unspecified atom stereocenters. The van der Waals surface area contributed by atoms with E-state index in [0.29, 0.717) is 17.8 Å². The molecule has 31 heavy (non-hydrogen) atoms. The molecule has 5 nitrogen and oxygen atoms in total. The second-order valence-electron chi connectivity index (χ2n) is 12.0. The molecule has 6 heteroatoms. The van der Waals surface area contributed by atoms with Crippen LogP contribution in [0.1, 0.15) is 79.6 Å². The number of hydrogen-bond donors (Lipinski definition) is 0. The van der Waals surface area contributed by atoms with Crippen LogP contribution < -0.4 is 0 Å². The van der Waals surface area contributed by atoms with Gasteiger partial charge in [-0.3, -0.25) is 4.18 Å². The first-order valence-corrected chi connectivity index (χ1v) is 14.1. The lowest BCUT2D eigenvalue weighted by Crippen LogP contribution is -2.63. The molecule has 5 rings (SSSR count). The molecule has 5 fully saturated rings. The SMILES string of the molecule is CC=C1CCC2C3C(CC[C@]12C)[C@@]1(C)CC[C@H](OS(C)(=O)=O)CC1[C@H]1OC(C)(C)O[C@H]31. The zero-order valence-electron chi connectivity index (χ0n) is 20.0. The highest BCUT2D eigenvalue weighted by atomic mass is 32.2. The van der Waals surface area contributed by atoms with Crippen molar-refractivity contribution < 1.29 is 22.1 Å². The fourth-order valence-electron chi connectivity index (χ4n) is 8.80. The van der Waals surface area contributed by atoms with Gasteiger partial charge in [-0.1, -0.05) is 25.5 Å². The van der Waals surface area contributed by atoms with Crippen LogP contribution in [0.2, 0.25) is 0 Å². The number of ether oxygens (including phenoxy) is 2. The van der Waals surface area contributed by atoms with Crippen LogP contribution in [0.5, 0.6) is 0 Å². The van der Waals surface area contributed by atoms with Gasteiger partial charge in [-0.25, -0.2) is 0 Å². The maximum absolute atomic E-state index is 11.8. The summed E-state index contributed by atoms with van der Waals surface area (Å²) < 4.78 is 42.4. The van der Waals surface area contributed by atoms with Gasteiger partial charge in [-0.05, 0) is 100 Å². The molecule has 9 atom stereocenters. The Balaban J connectivity index is 1.53. The minimum absolute atomic E-state index is 0.0178. The summed E-state index contributed by atoms with van der Waals surface area (Å²) >= 11 is 0. The van der Waals surface area contributed by atoms with E-state index in [1.165, 1.54) is 31.9 Å². The third kappa shape index (κ3) is 3.38. The van der Waals surface area contributed by atoms with Crippen LogP contribution in [0.15, 0.2) is 11.6 Å². The van der Waals surface area contributed by atoms with Crippen LogP contribution in [0, 0.1) is 34.5 Å². The van der Waals surface area contributed by atoms with Crippen molar-refractivity contribution >= 4 is 10.1 Å². The number of allylic oxidation sites excluding steroid dienone is 2. The van der Waals surface area contributed by atoms with E-state index in [4.69, 9.17) is 13.7 Å². The molecular formula is C25H40O5S. The molecule has 0 amide bonds. The average molecular weight is 453 g/mol. The van der Waals surface area contributed by atoms with Crippen molar-refractivity contribution in [1.82, 2.24) is 0 Å². The molecule has 1 aliphatic heterocycles. The molecule has 4 saturated carbocycles. The van der Waals surface area contributed by atoms with Crippen molar-refractivity contribution in [2.45, 2.75) is 104 Å². The Kier molecular flexibility index (Phi) is 5.08. The molecule has 5 aliphatic rings. The van der Waals surface area contributed by atoms with Crippen molar-refractivity contribution in [3.63, 3.8) is 0 Å². The Bertz CT molecular complexity index is 878. The molecule has 4 aliphatic carbocycles. The number of fused-ring (bicyclic) bond motifs is 8. The van der Waals surface area contributed by atoms with Gasteiger partial charge in [0.1, 0.15) is 0 Å². The van der Waals surface area contributed by atoms with Gasteiger partial charge in [-0.2, -0.15) is 8.42 Å². The quantitative estimate of drug-likeness (QED) is 0.433. The average Bonchev–Trinajstić information content (AvgIpc) is 3.16. The highest BCUT2D eigenvalue weighted by molar-refractivity contribution is 7.86. The summed E-state index contributed by atoms with van der Waals surface area (Å²) in [5.74, 6) is 1.44. The zero-order chi connectivity index (χ0) is 22.4. The van der Waals surface area contributed by atoms with E-state index >= 15 is 0 Å². The fraction of sp³-hybridized carbons (Fsp3) is 0.920. The van der Waals surface area contributed by atoms with Crippen LogP contribution in [0.25, 0.3) is 0 Å². The first-order valence-electron chi connectivity index (χ1n) is 12.3. The van der Waals surface area contributed by atoms with Crippen LogP contribution in [-0.4, -0.2) is 38.8 Å².